The first-order valence-electron chi connectivity index (χ1n) is 7.09. The zero-order valence-corrected chi connectivity index (χ0v) is 11.5. The van der Waals surface area contributed by atoms with E-state index in [0.29, 0.717) is 17.5 Å². The number of hydrogen-bond donors (Lipinski definition) is 2. The number of anilines is 1. The Hall–Kier alpha value is -2.04. The molecule has 2 atom stereocenters. The molecule has 2 unspecified atom stereocenters. The van der Waals surface area contributed by atoms with Crippen LogP contribution in [0.1, 0.15) is 44.3 Å². The van der Waals surface area contributed by atoms with E-state index < -0.39 is 0 Å². The summed E-state index contributed by atoms with van der Waals surface area (Å²) in [6.45, 7) is 2.23. The second-order valence-electron chi connectivity index (χ2n) is 5.52. The van der Waals surface area contributed by atoms with Crippen LogP contribution in [0.5, 0.6) is 5.75 Å². The van der Waals surface area contributed by atoms with Crippen LogP contribution in [-0.2, 0) is 0 Å². The first-order valence-corrected chi connectivity index (χ1v) is 7.09. The molecule has 1 fully saturated rings. The minimum absolute atomic E-state index is 0.0649. The lowest BCUT2D eigenvalue weighted by Gasteiger charge is -2.04. The highest BCUT2D eigenvalue weighted by atomic mass is 16.5. The normalized spacial score (nSPS) is 22.2. The lowest BCUT2D eigenvalue weighted by Crippen LogP contribution is -1.97. The van der Waals surface area contributed by atoms with Crippen molar-refractivity contribution in [3.05, 3.63) is 24.0 Å². The summed E-state index contributed by atoms with van der Waals surface area (Å²) in [5, 5.41) is 13.5. The second kappa shape index (κ2) is 5.15. The third-order valence-electron chi connectivity index (χ3n) is 4.20. The highest BCUT2D eigenvalue weighted by molar-refractivity contribution is 5.64. The number of nitrogens with two attached hydrogens (primary N) is 1. The molecule has 1 aromatic heterocycles. The maximum Gasteiger partial charge on any atom is 0.258 e. The summed E-state index contributed by atoms with van der Waals surface area (Å²) in [4.78, 5) is 4.49. The third-order valence-corrected chi connectivity index (χ3v) is 4.20. The highest BCUT2D eigenvalue weighted by Gasteiger charge is 2.28. The molecule has 3 N–H and O–H groups in total. The van der Waals surface area contributed by atoms with Gasteiger partial charge in [-0.3, -0.25) is 0 Å². The van der Waals surface area contributed by atoms with Crippen LogP contribution >= 0.6 is 0 Å². The lowest BCUT2D eigenvalue weighted by molar-refractivity contribution is 0.413. The molecule has 1 aliphatic carbocycles. The summed E-state index contributed by atoms with van der Waals surface area (Å²) in [5.41, 5.74) is 6.74. The highest BCUT2D eigenvalue weighted by Crippen LogP contribution is 2.39. The Kier molecular flexibility index (Phi) is 3.34. The summed E-state index contributed by atoms with van der Waals surface area (Å²) in [5.74, 6) is 2.52. The van der Waals surface area contributed by atoms with Crippen molar-refractivity contribution in [3.63, 3.8) is 0 Å². The first-order chi connectivity index (χ1) is 9.67. The zero-order valence-electron chi connectivity index (χ0n) is 11.5. The molecule has 1 aromatic carbocycles. The summed E-state index contributed by atoms with van der Waals surface area (Å²) < 4.78 is 5.33. The summed E-state index contributed by atoms with van der Waals surface area (Å²) in [7, 11) is 0. The van der Waals surface area contributed by atoms with E-state index in [1.807, 2.05) is 0 Å². The zero-order chi connectivity index (χ0) is 14.1. The standard InChI is InChI=1S/C15H19N3O2/c1-2-9-3-4-10(7-9)14-17-15(20-18-14)11-5-6-13(19)12(16)8-11/h5-6,8-10,19H,2-4,7,16H2,1H3. The third kappa shape index (κ3) is 2.35. The number of phenols is 1. The van der Waals surface area contributed by atoms with Crippen LogP contribution in [0, 0.1) is 5.92 Å². The monoisotopic (exact) mass is 273 g/mol. The van der Waals surface area contributed by atoms with Gasteiger partial charge in [-0.1, -0.05) is 18.5 Å². The number of aromatic nitrogens is 2. The van der Waals surface area contributed by atoms with Crippen molar-refractivity contribution in [1.29, 1.82) is 0 Å². The molecule has 106 valence electrons. The van der Waals surface area contributed by atoms with E-state index in [2.05, 4.69) is 17.1 Å². The maximum atomic E-state index is 9.43. The second-order valence-corrected chi connectivity index (χ2v) is 5.52. The molecule has 2 aromatic rings. The van der Waals surface area contributed by atoms with Crippen LogP contribution in [0.3, 0.4) is 0 Å². The van der Waals surface area contributed by atoms with Gasteiger partial charge in [-0.15, -0.1) is 0 Å². The van der Waals surface area contributed by atoms with E-state index >= 15 is 0 Å². The van der Waals surface area contributed by atoms with Gasteiger partial charge in [-0.05, 0) is 43.4 Å². The van der Waals surface area contributed by atoms with Gasteiger partial charge >= 0.3 is 0 Å². The van der Waals surface area contributed by atoms with E-state index in [1.54, 1.807) is 12.1 Å². The number of nitrogens with zero attached hydrogens (tertiary/aromatic N) is 2. The van der Waals surface area contributed by atoms with E-state index in [-0.39, 0.29) is 5.75 Å². The quantitative estimate of drug-likeness (QED) is 0.662. The molecule has 1 heterocycles. The molecule has 20 heavy (non-hydrogen) atoms. The number of benzene rings is 1. The van der Waals surface area contributed by atoms with Crippen LogP contribution < -0.4 is 5.73 Å². The Labute approximate surface area is 117 Å². The number of nitrogen functional groups attached to an aromatic ring is 1. The Morgan fingerprint density at radius 2 is 2.25 bits per heavy atom. The molecule has 0 saturated heterocycles. The molecule has 5 heteroatoms. The van der Waals surface area contributed by atoms with Crippen LogP contribution in [0.4, 0.5) is 5.69 Å². The minimum Gasteiger partial charge on any atom is -0.506 e. The van der Waals surface area contributed by atoms with Crippen LogP contribution in [0.25, 0.3) is 11.5 Å². The maximum absolute atomic E-state index is 9.43. The topological polar surface area (TPSA) is 85.2 Å². The average molecular weight is 273 g/mol. The Balaban J connectivity index is 1.81. The first kappa shape index (κ1) is 13.0. The predicted octanol–water partition coefficient (Wildman–Crippen LogP) is 3.32. The Bertz CT molecular complexity index is 609. The minimum atomic E-state index is 0.0649. The Morgan fingerprint density at radius 1 is 1.40 bits per heavy atom. The fraction of sp³-hybridized carbons (Fsp3) is 0.467. The molecule has 5 nitrogen and oxygen atoms in total. The van der Waals surface area contributed by atoms with Gasteiger partial charge in [0.15, 0.2) is 5.82 Å². The van der Waals surface area contributed by atoms with Gasteiger partial charge < -0.3 is 15.4 Å². The fourth-order valence-corrected chi connectivity index (χ4v) is 2.89. The number of aromatic hydroxyl groups is 1. The average Bonchev–Trinajstić information content (AvgIpc) is 3.09. The molecule has 0 amide bonds. The molecule has 0 bridgehead atoms. The van der Waals surface area contributed by atoms with Crippen molar-refractivity contribution in [1.82, 2.24) is 10.1 Å². The SMILES string of the molecule is CCC1CCC(c2noc(-c3ccc(O)c(N)c3)n2)C1. The van der Waals surface area contributed by atoms with Gasteiger partial charge in [0.25, 0.3) is 5.89 Å². The van der Waals surface area contributed by atoms with Gasteiger partial charge in [0.05, 0.1) is 5.69 Å². The smallest absolute Gasteiger partial charge is 0.258 e. The summed E-state index contributed by atoms with van der Waals surface area (Å²) >= 11 is 0. The molecule has 0 radical (unpaired) electrons. The molecule has 3 rings (SSSR count). The predicted molar refractivity (Wildman–Crippen MR) is 76.2 cm³/mol. The lowest BCUT2D eigenvalue weighted by atomic mass is 10.0. The van der Waals surface area contributed by atoms with Crippen molar-refractivity contribution in [2.45, 2.75) is 38.5 Å². The van der Waals surface area contributed by atoms with E-state index in [9.17, 15) is 5.11 Å². The largest absolute Gasteiger partial charge is 0.506 e. The number of rotatable bonds is 3. The van der Waals surface area contributed by atoms with Gasteiger partial charge in [0.1, 0.15) is 5.75 Å². The van der Waals surface area contributed by atoms with Gasteiger partial charge in [0.2, 0.25) is 0 Å². The molecule has 0 spiro atoms. The Morgan fingerprint density at radius 3 is 2.95 bits per heavy atom. The number of hydrogen-bond acceptors (Lipinski definition) is 5. The van der Waals surface area contributed by atoms with Crippen molar-refractivity contribution in [2.24, 2.45) is 5.92 Å². The summed E-state index contributed by atoms with van der Waals surface area (Å²) in [6.07, 6.45) is 4.75. The van der Waals surface area contributed by atoms with Crippen molar-refractivity contribution >= 4 is 5.69 Å². The van der Waals surface area contributed by atoms with Crippen molar-refractivity contribution in [2.75, 3.05) is 5.73 Å². The van der Waals surface area contributed by atoms with Crippen LogP contribution in [0.15, 0.2) is 22.7 Å². The van der Waals surface area contributed by atoms with Gasteiger partial charge in [-0.2, -0.15) is 4.98 Å². The van der Waals surface area contributed by atoms with Gasteiger partial charge in [-0.25, -0.2) is 0 Å². The molecule has 1 saturated carbocycles. The molecule has 1 aliphatic rings. The molecular formula is C15H19N3O2. The van der Waals surface area contributed by atoms with E-state index in [0.717, 1.165) is 30.1 Å². The molecular weight excluding hydrogens is 254 g/mol. The van der Waals surface area contributed by atoms with Crippen molar-refractivity contribution in [3.8, 4) is 17.2 Å². The summed E-state index contributed by atoms with van der Waals surface area (Å²) in [6, 6.07) is 4.92. The van der Waals surface area contributed by atoms with Crippen LogP contribution in [-0.4, -0.2) is 15.2 Å². The van der Waals surface area contributed by atoms with E-state index in [4.69, 9.17) is 10.3 Å². The van der Waals surface area contributed by atoms with Gasteiger partial charge in [0, 0.05) is 11.5 Å². The molecule has 0 aliphatic heterocycles. The number of phenolic OH excluding ortho intramolecular Hbond substituents is 1. The fourth-order valence-electron chi connectivity index (χ4n) is 2.89. The van der Waals surface area contributed by atoms with Crippen LogP contribution in [0.2, 0.25) is 0 Å². The van der Waals surface area contributed by atoms with Crippen molar-refractivity contribution < 1.29 is 9.63 Å². The van der Waals surface area contributed by atoms with E-state index in [1.165, 1.54) is 18.9 Å².